The molecule has 0 radical (unpaired) electrons. The number of fused-ring (bicyclic) bond motifs is 1. The molecule has 3 N–H and O–H groups in total. The molecule has 2 heterocycles. The van der Waals surface area contributed by atoms with Gasteiger partial charge in [0.25, 0.3) is 5.23 Å². The highest BCUT2D eigenvalue weighted by Crippen LogP contribution is 2.19. The molecule has 0 saturated carbocycles. The van der Waals surface area contributed by atoms with Gasteiger partial charge in [-0.1, -0.05) is 26.0 Å². The molecule has 0 aliphatic carbocycles. The first kappa shape index (κ1) is 20.7. The minimum Gasteiger partial charge on any atom is -0.434 e. The highest BCUT2D eigenvalue weighted by molar-refractivity contribution is 8.26. The van der Waals surface area contributed by atoms with Crippen molar-refractivity contribution in [1.29, 1.82) is 10.8 Å². The van der Waals surface area contributed by atoms with Gasteiger partial charge in [0.1, 0.15) is 17.6 Å². The van der Waals surface area contributed by atoms with Crippen LogP contribution in [-0.2, 0) is 6.42 Å². The molecule has 2 aromatic heterocycles. The Morgan fingerprint density at radius 3 is 2.59 bits per heavy atom. The lowest BCUT2D eigenvalue weighted by molar-refractivity contribution is 0.562. The summed E-state index contributed by atoms with van der Waals surface area (Å²) < 4.78 is 5.50. The highest BCUT2D eigenvalue weighted by atomic mass is 32.2. The van der Waals surface area contributed by atoms with Crippen LogP contribution in [0.4, 0.5) is 5.82 Å². The van der Waals surface area contributed by atoms with Crippen LogP contribution in [0.1, 0.15) is 25.8 Å². The van der Waals surface area contributed by atoms with Crippen LogP contribution >= 0.6 is 11.8 Å². The van der Waals surface area contributed by atoms with Gasteiger partial charge in [-0.2, -0.15) is 0 Å². The van der Waals surface area contributed by atoms with Crippen LogP contribution in [-0.4, -0.2) is 36.8 Å². The third kappa shape index (κ3) is 6.21. The van der Waals surface area contributed by atoms with Crippen LogP contribution in [0.5, 0.6) is 5.75 Å². The summed E-state index contributed by atoms with van der Waals surface area (Å²) in [4.78, 5) is 16.8. The summed E-state index contributed by atoms with van der Waals surface area (Å²) in [5.74, 6) is 1.65. The SMILES string of the molecule is CC(C)CC(=N)SC(=N)Oc1ccc(CCNc2ncnc3nccnc23)cc1. The van der Waals surface area contributed by atoms with E-state index in [-0.39, 0.29) is 5.23 Å². The zero-order valence-electron chi connectivity index (χ0n) is 16.3. The molecule has 0 amide bonds. The highest BCUT2D eigenvalue weighted by Gasteiger charge is 2.09. The quantitative estimate of drug-likeness (QED) is 0.396. The maximum atomic E-state index is 7.89. The number of benzene rings is 1. The van der Waals surface area contributed by atoms with Crippen molar-refractivity contribution in [3.8, 4) is 5.75 Å². The van der Waals surface area contributed by atoms with Gasteiger partial charge < -0.3 is 10.1 Å². The van der Waals surface area contributed by atoms with Gasteiger partial charge in [-0.15, -0.1) is 0 Å². The van der Waals surface area contributed by atoms with Gasteiger partial charge in [-0.05, 0) is 48.2 Å². The second-order valence-corrected chi connectivity index (χ2v) is 7.85. The van der Waals surface area contributed by atoms with Gasteiger partial charge in [0.2, 0.25) is 0 Å². The molecule has 9 heteroatoms. The van der Waals surface area contributed by atoms with E-state index in [1.165, 1.54) is 6.33 Å². The largest absolute Gasteiger partial charge is 0.434 e. The molecule has 150 valence electrons. The summed E-state index contributed by atoms with van der Waals surface area (Å²) in [6.07, 6.45) is 6.13. The van der Waals surface area contributed by atoms with E-state index in [0.29, 0.717) is 46.7 Å². The molecule has 3 rings (SSSR count). The van der Waals surface area contributed by atoms with E-state index in [1.807, 2.05) is 38.1 Å². The van der Waals surface area contributed by atoms with E-state index in [0.717, 1.165) is 23.7 Å². The zero-order chi connectivity index (χ0) is 20.6. The van der Waals surface area contributed by atoms with Crippen LogP contribution < -0.4 is 10.1 Å². The Balaban J connectivity index is 1.49. The first-order valence-corrected chi connectivity index (χ1v) is 10.1. The molecule has 0 aliphatic rings. The molecule has 0 bridgehead atoms. The van der Waals surface area contributed by atoms with E-state index in [2.05, 4.69) is 25.3 Å². The van der Waals surface area contributed by atoms with Crippen molar-refractivity contribution in [2.24, 2.45) is 5.92 Å². The average molecular weight is 410 g/mol. The second kappa shape index (κ2) is 9.92. The number of nitrogens with one attached hydrogen (secondary N) is 3. The molecule has 8 nitrogen and oxygen atoms in total. The van der Waals surface area contributed by atoms with Gasteiger partial charge in [0.05, 0.1) is 5.04 Å². The Morgan fingerprint density at radius 2 is 1.83 bits per heavy atom. The molecule has 0 unspecified atom stereocenters. The summed E-state index contributed by atoms with van der Waals surface area (Å²) in [6, 6.07) is 7.60. The maximum absolute atomic E-state index is 7.89. The Kier molecular flexibility index (Phi) is 7.07. The molecular formula is C20H23N7OS. The first-order chi connectivity index (χ1) is 14.0. The molecule has 29 heavy (non-hydrogen) atoms. The molecule has 0 fully saturated rings. The van der Waals surface area contributed by atoms with E-state index in [4.69, 9.17) is 15.6 Å². The average Bonchev–Trinajstić information content (AvgIpc) is 2.68. The normalized spacial score (nSPS) is 10.9. The fraction of sp³-hybridized carbons (Fsp3) is 0.300. The first-order valence-electron chi connectivity index (χ1n) is 9.27. The van der Waals surface area contributed by atoms with Crippen molar-refractivity contribution in [2.45, 2.75) is 26.7 Å². The Labute approximate surface area is 173 Å². The predicted molar refractivity (Wildman–Crippen MR) is 117 cm³/mol. The van der Waals surface area contributed by atoms with E-state index in [9.17, 15) is 0 Å². The van der Waals surface area contributed by atoms with Crippen LogP contribution in [0, 0.1) is 16.7 Å². The monoisotopic (exact) mass is 409 g/mol. The smallest absolute Gasteiger partial charge is 0.254 e. The summed E-state index contributed by atoms with van der Waals surface area (Å²) >= 11 is 1.05. The minimum absolute atomic E-state index is 0.0156. The molecule has 1 aromatic carbocycles. The van der Waals surface area contributed by atoms with E-state index >= 15 is 0 Å². The molecule has 0 spiro atoms. The van der Waals surface area contributed by atoms with Crippen LogP contribution in [0.25, 0.3) is 11.2 Å². The van der Waals surface area contributed by atoms with Crippen molar-refractivity contribution >= 4 is 39.0 Å². The Bertz CT molecular complexity index is 986. The lowest BCUT2D eigenvalue weighted by Gasteiger charge is -2.10. The van der Waals surface area contributed by atoms with Crippen molar-refractivity contribution in [3.63, 3.8) is 0 Å². The maximum Gasteiger partial charge on any atom is 0.254 e. The Hall–Kier alpha value is -3.07. The second-order valence-electron chi connectivity index (χ2n) is 6.78. The van der Waals surface area contributed by atoms with Gasteiger partial charge in [0, 0.05) is 18.9 Å². The third-order valence-electron chi connectivity index (χ3n) is 3.92. The van der Waals surface area contributed by atoms with Crippen molar-refractivity contribution in [2.75, 3.05) is 11.9 Å². The summed E-state index contributed by atoms with van der Waals surface area (Å²) in [5.41, 5.74) is 2.34. The lowest BCUT2D eigenvalue weighted by atomic mass is 10.1. The van der Waals surface area contributed by atoms with Gasteiger partial charge in [0.15, 0.2) is 11.5 Å². The number of rotatable bonds is 7. The number of thioether (sulfide) groups is 1. The van der Waals surface area contributed by atoms with E-state index in [1.54, 1.807) is 12.4 Å². The van der Waals surface area contributed by atoms with E-state index < -0.39 is 0 Å². The summed E-state index contributed by atoms with van der Waals surface area (Å²) in [7, 11) is 0. The standard InChI is InChI=1S/C20H23N7OS/c1-13(2)11-16(21)29-20(22)28-15-5-3-14(4-6-15)7-8-24-18-17-19(27-12-26-18)25-10-9-23-17/h3-6,9-10,12-13,21-22H,7-8,11H2,1-2H3,(H,24,25,26,27). The van der Waals surface area contributed by atoms with Crippen molar-refractivity contribution in [3.05, 3.63) is 48.5 Å². The summed E-state index contributed by atoms with van der Waals surface area (Å²) in [6.45, 7) is 4.78. The minimum atomic E-state index is 0.0156. The summed E-state index contributed by atoms with van der Waals surface area (Å²) in [5, 5.41) is 19.5. The fourth-order valence-electron chi connectivity index (χ4n) is 2.63. The van der Waals surface area contributed by atoms with Gasteiger partial charge in [-0.25, -0.2) is 19.9 Å². The molecule has 0 atom stereocenters. The Morgan fingerprint density at radius 1 is 1.07 bits per heavy atom. The number of aromatic nitrogens is 4. The predicted octanol–water partition coefficient (Wildman–Crippen LogP) is 4.14. The topological polar surface area (TPSA) is 121 Å². The van der Waals surface area contributed by atoms with Crippen molar-refractivity contribution in [1.82, 2.24) is 19.9 Å². The van der Waals surface area contributed by atoms with Gasteiger partial charge in [-0.3, -0.25) is 10.8 Å². The lowest BCUT2D eigenvalue weighted by Crippen LogP contribution is -2.09. The van der Waals surface area contributed by atoms with Crippen LogP contribution in [0.2, 0.25) is 0 Å². The van der Waals surface area contributed by atoms with Crippen LogP contribution in [0.3, 0.4) is 0 Å². The number of hydrogen-bond acceptors (Lipinski definition) is 9. The third-order valence-corrected chi connectivity index (χ3v) is 4.60. The number of nitrogens with zero attached hydrogens (tertiary/aromatic N) is 4. The molecular weight excluding hydrogens is 386 g/mol. The van der Waals surface area contributed by atoms with Crippen LogP contribution in [0.15, 0.2) is 43.0 Å². The molecule has 3 aromatic rings. The zero-order valence-corrected chi connectivity index (χ0v) is 17.2. The number of hydrogen-bond donors (Lipinski definition) is 3. The van der Waals surface area contributed by atoms with Crippen molar-refractivity contribution < 1.29 is 4.74 Å². The molecule has 0 aliphatic heterocycles. The number of ether oxygens (including phenoxy) is 1. The fourth-order valence-corrected chi connectivity index (χ4v) is 3.40. The number of anilines is 1. The van der Waals surface area contributed by atoms with Gasteiger partial charge >= 0.3 is 0 Å². The molecule has 0 saturated heterocycles.